The minimum atomic E-state index is 0.402. The van der Waals surface area contributed by atoms with Crippen molar-refractivity contribution in [2.45, 2.75) is 6.92 Å². The van der Waals surface area contributed by atoms with Crippen LogP contribution in [-0.4, -0.2) is 19.9 Å². The number of halogens is 2. The Morgan fingerprint density at radius 1 is 0.815 bits per heavy atom. The summed E-state index contributed by atoms with van der Waals surface area (Å²) in [5.74, 6) is 0.953. The Hall–Kier alpha value is -2.96. The lowest BCUT2D eigenvalue weighted by molar-refractivity contribution is 1.15. The number of aryl methyl sites for hydroxylation is 1. The van der Waals surface area contributed by atoms with Crippen molar-refractivity contribution >= 4 is 57.5 Å². The van der Waals surface area contributed by atoms with Crippen LogP contribution in [0, 0.1) is 6.92 Å². The second-order valence-electron chi connectivity index (χ2n) is 5.84. The first-order valence-corrected chi connectivity index (χ1v) is 8.88. The second-order valence-corrected chi connectivity index (χ2v) is 6.71. The van der Waals surface area contributed by atoms with Crippen LogP contribution < -0.4 is 10.6 Å². The first-order chi connectivity index (χ1) is 13.1. The number of nitrogens with one attached hydrogen (secondary N) is 2. The molecule has 4 aromatic rings. The van der Waals surface area contributed by atoms with Crippen LogP contribution >= 0.6 is 23.2 Å². The number of rotatable bonds is 4. The van der Waals surface area contributed by atoms with E-state index in [0.717, 1.165) is 16.9 Å². The molecule has 6 nitrogen and oxygen atoms in total. The van der Waals surface area contributed by atoms with Gasteiger partial charge in [-0.25, -0.2) is 9.97 Å². The fourth-order valence-corrected chi connectivity index (χ4v) is 2.92. The molecule has 27 heavy (non-hydrogen) atoms. The molecule has 2 N–H and O–H groups in total. The number of fused-ring (bicyclic) bond motifs is 1. The Bertz CT molecular complexity index is 1110. The SMILES string of the molecule is Cc1cc(Cl)ccc1Nc1nc(Nc2ccc(Cl)cc2)nc2nccnc12. The van der Waals surface area contributed by atoms with Crippen LogP contribution in [0.2, 0.25) is 10.0 Å². The number of hydrogen-bond acceptors (Lipinski definition) is 6. The van der Waals surface area contributed by atoms with E-state index < -0.39 is 0 Å². The first-order valence-electron chi connectivity index (χ1n) is 8.13. The van der Waals surface area contributed by atoms with Gasteiger partial charge in [-0.1, -0.05) is 23.2 Å². The molecule has 134 valence electrons. The zero-order valence-corrected chi connectivity index (χ0v) is 15.8. The van der Waals surface area contributed by atoms with Crippen LogP contribution in [0.1, 0.15) is 5.56 Å². The number of anilines is 4. The maximum absolute atomic E-state index is 6.05. The zero-order chi connectivity index (χ0) is 18.8. The fourth-order valence-electron chi connectivity index (χ4n) is 2.56. The van der Waals surface area contributed by atoms with Gasteiger partial charge in [0.25, 0.3) is 0 Å². The molecule has 0 radical (unpaired) electrons. The van der Waals surface area contributed by atoms with Crippen LogP contribution in [0.5, 0.6) is 0 Å². The van der Waals surface area contributed by atoms with Crippen molar-refractivity contribution in [2.24, 2.45) is 0 Å². The third kappa shape index (κ3) is 3.92. The molecule has 0 unspecified atom stereocenters. The first kappa shape index (κ1) is 17.5. The van der Waals surface area contributed by atoms with Crippen LogP contribution in [-0.2, 0) is 0 Å². The molecule has 2 heterocycles. The zero-order valence-electron chi connectivity index (χ0n) is 14.2. The van der Waals surface area contributed by atoms with Gasteiger partial charge in [0.15, 0.2) is 17.0 Å². The van der Waals surface area contributed by atoms with Gasteiger partial charge in [0.05, 0.1) is 0 Å². The highest BCUT2D eigenvalue weighted by molar-refractivity contribution is 6.31. The second kappa shape index (κ2) is 7.34. The minimum absolute atomic E-state index is 0.402. The molecule has 0 aliphatic carbocycles. The highest BCUT2D eigenvalue weighted by Gasteiger charge is 2.11. The van der Waals surface area contributed by atoms with Crippen molar-refractivity contribution in [1.29, 1.82) is 0 Å². The van der Waals surface area contributed by atoms with E-state index in [-0.39, 0.29) is 0 Å². The van der Waals surface area contributed by atoms with Crippen molar-refractivity contribution in [3.8, 4) is 0 Å². The Morgan fingerprint density at radius 3 is 2.33 bits per heavy atom. The molecule has 4 rings (SSSR count). The van der Waals surface area contributed by atoms with E-state index in [9.17, 15) is 0 Å². The molecule has 0 amide bonds. The number of aromatic nitrogens is 4. The summed E-state index contributed by atoms with van der Waals surface area (Å²) in [7, 11) is 0. The van der Waals surface area contributed by atoms with Crippen molar-refractivity contribution in [3.63, 3.8) is 0 Å². The van der Waals surface area contributed by atoms with Gasteiger partial charge in [-0.2, -0.15) is 9.97 Å². The van der Waals surface area contributed by atoms with E-state index in [1.165, 1.54) is 0 Å². The van der Waals surface area contributed by atoms with Crippen LogP contribution in [0.3, 0.4) is 0 Å². The van der Waals surface area contributed by atoms with Crippen molar-refractivity contribution < 1.29 is 0 Å². The van der Waals surface area contributed by atoms with Gasteiger partial charge in [-0.3, -0.25) is 0 Å². The van der Waals surface area contributed by atoms with E-state index in [4.69, 9.17) is 23.2 Å². The predicted octanol–water partition coefficient (Wildman–Crippen LogP) is 5.52. The van der Waals surface area contributed by atoms with E-state index in [0.29, 0.717) is 33.0 Å². The maximum Gasteiger partial charge on any atom is 0.231 e. The topological polar surface area (TPSA) is 75.6 Å². The summed E-state index contributed by atoms with van der Waals surface area (Å²) < 4.78 is 0. The molecule has 0 fully saturated rings. The summed E-state index contributed by atoms with van der Waals surface area (Å²) in [6, 6.07) is 12.9. The molecular weight excluding hydrogens is 383 g/mol. The molecule has 0 aliphatic rings. The van der Waals surface area contributed by atoms with Crippen LogP contribution in [0.25, 0.3) is 11.2 Å². The molecule has 0 spiro atoms. The van der Waals surface area contributed by atoms with Crippen molar-refractivity contribution in [1.82, 2.24) is 19.9 Å². The summed E-state index contributed by atoms with van der Waals surface area (Å²) in [6.45, 7) is 1.97. The van der Waals surface area contributed by atoms with E-state index >= 15 is 0 Å². The van der Waals surface area contributed by atoms with Gasteiger partial charge in [0.2, 0.25) is 5.95 Å². The van der Waals surface area contributed by atoms with Gasteiger partial charge < -0.3 is 10.6 Å². The Labute approximate surface area is 165 Å². The third-order valence-corrected chi connectivity index (χ3v) is 4.36. The molecule has 0 aliphatic heterocycles. The molecule has 0 atom stereocenters. The lowest BCUT2D eigenvalue weighted by atomic mass is 10.2. The minimum Gasteiger partial charge on any atom is -0.338 e. The maximum atomic E-state index is 6.05. The lowest BCUT2D eigenvalue weighted by Gasteiger charge is -2.12. The van der Waals surface area contributed by atoms with Gasteiger partial charge in [0.1, 0.15) is 0 Å². The normalized spacial score (nSPS) is 10.8. The molecule has 0 bridgehead atoms. The monoisotopic (exact) mass is 396 g/mol. The van der Waals surface area contributed by atoms with E-state index in [1.54, 1.807) is 24.5 Å². The summed E-state index contributed by atoms with van der Waals surface area (Å²) in [5.41, 5.74) is 3.75. The van der Waals surface area contributed by atoms with Crippen molar-refractivity contribution in [2.75, 3.05) is 10.6 Å². The largest absolute Gasteiger partial charge is 0.338 e. The van der Waals surface area contributed by atoms with Gasteiger partial charge in [-0.15, -0.1) is 0 Å². The molecular formula is C19H14Cl2N6. The highest BCUT2D eigenvalue weighted by Crippen LogP contribution is 2.27. The van der Waals surface area contributed by atoms with Crippen LogP contribution in [0.15, 0.2) is 54.9 Å². The van der Waals surface area contributed by atoms with Gasteiger partial charge in [-0.05, 0) is 55.0 Å². The summed E-state index contributed by atoms with van der Waals surface area (Å²) in [4.78, 5) is 17.7. The Balaban J connectivity index is 1.75. The molecule has 0 saturated heterocycles. The third-order valence-electron chi connectivity index (χ3n) is 3.87. The number of benzene rings is 2. The average Bonchev–Trinajstić information content (AvgIpc) is 2.66. The highest BCUT2D eigenvalue weighted by atomic mass is 35.5. The quantitative estimate of drug-likeness (QED) is 0.472. The smallest absolute Gasteiger partial charge is 0.231 e. The summed E-state index contributed by atoms with van der Waals surface area (Å²) in [6.07, 6.45) is 3.20. The lowest BCUT2D eigenvalue weighted by Crippen LogP contribution is -2.04. The van der Waals surface area contributed by atoms with Crippen molar-refractivity contribution in [3.05, 3.63) is 70.5 Å². The van der Waals surface area contributed by atoms with E-state index in [2.05, 4.69) is 30.6 Å². The molecule has 0 saturated carbocycles. The van der Waals surface area contributed by atoms with Crippen LogP contribution in [0.4, 0.5) is 23.1 Å². The summed E-state index contributed by atoms with van der Waals surface area (Å²) >= 11 is 12.0. The Morgan fingerprint density at radius 2 is 1.56 bits per heavy atom. The van der Waals surface area contributed by atoms with Gasteiger partial charge in [0, 0.05) is 33.8 Å². The predicted molar refractivity (Wildman–Crippen MR) is 109 cm³/mol. The summed E-state index contributed by atoms with van der Waals surface area (Å²) in [5, 5.41) is 7.80. The van der Waals surface area contributed by atoms with E-state index in [1.807, 2.05) is 37.3 Å². The molecule has 2 aromatic heterocycles. The fraction of sp³-hybridized carbons (Fsp3) is 0.0526. The Kier molecular flexibility index (Phi) is 4.75. The molecule has 2 aromatic carbocycles. The van der Waals surface area contributed by atoms with Gasteiger partial charge >= 0.3 is 0 Å². The molecule has 8 heteroatoms. The number of nitrogens with zero attached hydrogens (tertiary/aromatic N) is 4. The standard InChI is InChI=1S/C19H14Cl2N6/c1-11-10-13(21)4-7-15(11)25-18-16-17(23-9-8-22-16)26-19(27-18)24-14-5-2-12(20)3-6-14/h2-10H,1H3,(H2,23,24,25,26,27). The number of hydrogen-bond donors (Lipinski definition) is 2. The average molecular weight is 397 g/mol.